The Balaban J connectivity index is 2.13. The molecule has 1 aliphatic rings. The Labute approximate surface area is 131 Å². The Hall–Kier alpha value is -1.88. The van der Waals surface area contributed by atoms with E-state index in [0.29, 0.717) is 19.5 Å². The zero-order valence-electron chi connectivity index (χ0n) is 13.4. The highest BCUT2D eigenvalue weighted by Gasteiger charge is 2.42. The molecule has 22 heavy (non-hydrogen) atoms. The number of hydrogen-bond acceptors (Lipinski definition) is 5. The Morgan fingerprint density at radius 3 is 2.50 bits per heavy atom. The smallest absolute Gasteiger partial charge is 0.304 e. The van der Waals surface area contributed by atoms with E-state index in [1.807, 2.05) is 37.3 Å². The van der Waals surface area contributed by atoms with Crippen molar-refractivity contribution in [3.63, 3.8) is 0 Å². The third-order valence-electron chi connectivity index (χ3n) is 3.91. The zero-order valence-corrected chi connectivity index (χ0v) is 13.4. The van der Waals surface area contributed by atoms with Crippen molar-refractivity contribution in [1.29, 1.82) is 0 Å². The normalized spacial score (nSPS) is 25.5. The third kappa shape index (κ3) is 4.31. The van der Waals surface area contributed by atoms with Crippen LogP contribution in [-0.4, -0.2) is 35.2 Å². The van der Waals surface area contributed by atoms with Crippen LogP contribution in [-0.2, 0) is 25.6 Å². The topological polar surface area (TPSA) is 55.8 Å². The molecule has 1 aromatic carbocycles. The number of carbonyl (C=O) groups is 2. The molecule has 5 nitrogen and oxygen atoms in total. The van der Waals surface area contributed by atoms with Crippen LogP contribution in [0.15, 0.2) is 30.3 Å². The summed E-state index contributed by atoms with van der Waals surface area (Å²) >= 11 is 0. The minimum absolute atomic E-state index is 0.214. The van der Waals surface area contributed by atoms with Gasteiger partial charge in [-0.3, -0.25) is 14.5 Å². The second kappa shape index (κ2) is 6.92. The number of nitrogens with zero attached hydrogens (tertiary/aromatic N) is 1. The molecule has 0 N–H and O–H groups in total. The Morgan fingerprint density at radius 2 is 1.91 bits per heavy atom. The maximum Gasteiger partial charge on any atom is 0.304 e. The highest BCUT2D eigenvalue weighted by atomic mass is 16.6. The molecule has 1 heterocycles. The van der Waals surface area contributed by atoms with Crippen molar-refractivity contribution in [2.45, 2.75) is 52.0 Å². The molecule has 0 spiro atoms. The lowest BCUT2D eigenvalue weighted by Gasteiger charge is -2.46. The first-order chi connectivity index (χ1) is 10.4. The fraction of sp³-hybridized carbons (Fsp3) is 0.529. The summed E-state index contributed by atoms with van der Waals surface area (Å²) in [6.07, 6.45) is 1.01. The maximum atomic E-state index is 11.5. The number of benzene rings is 1. The lowest BCUT2D eigenvalue weighted by Crippen LogP contribution is -2.55. The van der Waals surface area contributed by atoms with Crippen LogP contribution >= 0.6 is 0 Å². The summed E-state index contributed by atoms with van der Waals surface area (Å²) in [7, 11) is 0. The van der Waals surface area contributed by atoms with E-state index >= 15 is 0 Å². The van der Waals surface area contributed by atoms with E-state index in [2.05, 4.69) is 4.90 Å². The SMILES string of the molecule is CC(=O)OC1CCN(Cc2ccccc2)C(C)(OC(C)=O)C1. The molecule has 1 aromatic rings. The number of carbonyl (C=O) groups excluding carboxylic acids is 2. The van der Waals surface area contributed by atoms with E-state index in [1.54, 1.807) is 0 Å². The average Bonchev–Trinajstić information content (AvgIpc) is 2.41. The first-order valence-electron chi connectivity index (χ1n) is 7.55. The summed E-state index contributed by atoms with van der Waals surface area (Å²) in [5.41, 5.74) is 0.395. The van der Waals surface area contributed by atoms with E-state index < -0.39 is 5.72 Å². The van der Waals surface area contributed by atoms with E-state index in [4.69, 9.17) is 9.47 Å². The zero-order chi connectivity index (χ0) is 16.2. The quantitative estimate of drug-likeness (QED) is 0.800. The number of ether oxygens (including phenoxy) is 2. The molecular formula is C17H23NO4. The van der Waals surface area contributed by atoms with Crippen molar-refractivity contribution in [3.05, 3.63) is 35.9 Å². The molecule has 0 saturated carbocycles. The standard InChI is InChI=1S/C17H23NO4/c1-13(19)21-16-9-10-18(12-15-7-5-4-6-8-15)17(3,11-16)22-14(2)20/h4-8,16H,9-12H2,1-3H3. The van der Waals surface area contributed by atoms with Gasteiger partial charge >= 0.3 is 11.9 Å². The van der Waals surface area contributed by atoms with Gasteiger partial charge < -0.3 is 9.47 Å². The number of rotatable bonds is 4. The fourth-order valence-electron chi connectivity index (χ4n) is 2.99. The number of esters is 2. The lowest BCUT2D eigenvalue weighted by atomic mass is 9.96. The van der Waals surface area contributed by atoms with Crippen molar-refractivity contribution in [2.75, 3.05) is 6.54 Å². The number of hydrogen-bond donors (Lipinski definition) is 0. The molecule has 0 aliphatic carbocycles. The van der Waals surface area contributed by atoms with Gasteiger partial charge in [0.15, 0.2) is 5.72 Å². The van der Waals surface area contributed by atoms with Crippen molar-refractivity contribution in [1.82, 2.24) is 4.90 Å². The summed E-state index contributed by atoms with van der Waals surface area (Å²) in [4.78, 5) is 24.8. The molecule has 120 valence electrons. The van der Waals surface area contributed by atoms with Crippen molar-refractivity contribution in [2.24, 2.45) is 0 Å². The largest absolute Gasteiger partial charge is 0.462 e. The molecule has 0 amide bonds. The van der Waals surface area contributed by atoms with Gasteiger partial charge in [-0.1, -0.05) is 30.3 Å². The molecule has 0 radical (unpaired) electrons. The minimum atomic E-state index is -0.764. The van der Waals surface area contributed by atoms with Gasteiger partial charge in [-0.2, -0.15) is 0 Å². The van der Waals surface area contributed by atoms with Crippen molar-refractivity contribution >= 4 is 11.9 Å². The molecule has 0 aromatic heterocycles. The molecule has 2 unspecified atom stereocenters. The summed E-state index contributed by atoms with van der Waals surface area (Å²) in [6, 6.07) is 10.1. The van der Waals surface area contributed by atoms with E-state index in [9.17, 15) is 9.59 Å². The Bertz CT molecular complexity index is 531. The van der Waals surface area contributed by atoms with Gasteiger partial charge in [0.2, 0.25) is 0 Å². The minimum Gasteiger partial charge on any atom is -0.462 e. The maximum absolute atomic E-state index is 11.5. The van der Waals surface area contributed by atoms with Gasteiger partial charge in [-0.05, 0) is 18.9 Å². The third-order valence-corrected chi connectivity index (χ3v) is 3.91. The highest BCUT2D eigenvalue weighted by molar-refractivity contribution is 5.67. The van der Waals surface area contributed by atoms with E-state index in [1.165, 1.54) is 13.8 Å². The molecule has 5 heteroatoms. The summed E-state index contributed by atoms with van der Waals surface area (Å²) in [5.74, 6) is -0.629. The number of likely N-dealkylation sites (tertiary alicyclic amines) is 1. The number of piperidine rings is 1. The van der Waals surface area contributed by atoms with Crippen LogP contribution in [0.4, 0.5) is 0 Å². The Morgan fingerprint density at radius 1 is 1.23 bits per heavy atom. The van der Waals surface area contributed by atoms with Crippen LogP contribution in [0, 0.1) is 0 Å². The first kappa shape index (κ1) is 16.5. The van der Waals surface area contributed by atoms with Crippen molar-refractivity contribution in [3.8, 4) is 0 Å². The predicted molar refractivity (Wildman–Crippen MR) is 81.8 cm³/mol. The van der Waals surface area contributed by atoms with Gasteiger partial charge in [0.25, 0.3) is 0 Å². The highest BCUT2D eigenvalue weighted by Crippen LogP contribution is 2.32. The molecule has 1 aliphatic heterocycles. The molecule has 1 fully saturated rings. The predicted octanol–water partition coefficient (Wildman–Crippen LogP) is 2.49. The fourth-order valence-corrected chi connectivity index (χ4v) is 2.99. The van der Waals surface area contributed by atoms with Gasteiger partial charge in [0.05, 0.1) is 0 Å². The van der Waals surface area contributed by atoms with E-state index in [-0.39, 0.29) is 18.0 Å². The lowest BCUT2D eigenvalue weighted by molar-refractivity contribution is -0.202. The van der Waals surface area contributed by atoms with Crippen LogP contribution < -0.4 is 0 Å². The van der Waals surface area contributed by atoms with Crippen LogP contribution in [0.1, 0.15) is 39.2 Å². The molecular weight excluding hydrogens is 282 g/mol. The van der Waals surface area contributed by atoms with Gasteiger partial charge in [-0.25, -0.2) is 0 Å². The second-order valence-corrected chi connectivity index (χ2v) is 5.90. The monoisotopic (exact) mass is 305 g/mol. The summed E-state index contributed by atoms with van der Waals surface area (Å²) < 4.78 is 10.9. The molecule has 1 saturated heterocycles. The summed E-state index contributed by atoms with van der Waals surface area (Å²) in [5, 5.41) is 0. The summed E-state index contributed by atoms with van der Waals surface area (Å²) in [6.45, 7) is 6.09. The van der Waals surface area contributed by atoms with Gasteiger partial charge in [0.1, 0.15) is 6.10 Å². The molecule has 2 atom stereocenters. The first-order valence-corrected chi connectivity index (χ1v) is 7.55. The van der Waals surface area contributed by atoms with Crippen LogP contribution in [0.3, 0.4) is 0 Å². The Kier molecular flexibility index (Phi) is 5.19. The van der Waals surface area contributed by atoms with Crippen molar-refractivity contribution < 1.29 is 19.1 Å². The molecule has 0 bridgehead atoms. The van der Waals surface area contributed by atoms with E-state index in [0.717, 1.165) is 12.0 Å². The van der Waals surface area contributed by atoms with Gasteiger partial charge in [-0.15, -0.1) is 0 Å². The molecule has 2 rings (SSSR count). The van der Waals surface area contributed by atoms with Gasteiger partial charge in [0, 0.05) is 33.4 Å². The second-order valence-electron chi connectivity index (χ2n) is 5.90. The van der Waals surface area contributed by atoms with Crippen LogP contribution in [0.2, 0.25) is 0 Å². The van der Waals surface area contributed by atoms with Crippen LogP contribution in [0.25, 0.3) is 0 Å². The van der Waals surface area contributed by atoms with Crippen LogP contribution in [0.5, 0.6) is 0 Å². The average molecular weight is 305 g/mol.